The Labute approximate surface area is 123 Å². The summed E-state index contributed by atoms with van der Waals surface area (Å²) in [5.74, 6) is 0.465. The number of rotatable bonds is 6. The van der Waals surface area contributed by atoms with Gasteiger partial charge in [-0.3, -0.25) is 0 Å². The normalized spacial score (nSPS) is 10.2. The zero-order valence-electron chi connectivity index (χ0n) is 12.1. The van der Waals surface area contributed by atoms with Crippen molar-refractivity contribution in [2.75, 3.05) is 6.61 Å². The van der Waals surface area contributed by atoms with Crippen LogP contribution in [0, 0.1) is 6.92 Å². The van der Waals surface area contributed by atoms with E-state index >= 15 is 0 Å². The molecule has 0 fully saturated rings. The summed E-state index contributed by atoms with van der Waals surface area (Å²) in [6.45, 7) is 4.63. The van der Waals surface area contributed by atoms with Crippen molar-refractivity contribution in [3.63, 3.8) is 0 Å². The first-order valence-electron chi connectivity index (χ1n) is 6.79. The third-order valence-corrected chi connectivity index (χ3v) is 3.08. The van der Waals surface area contributed by atoms with Gasteiger partial charge < -0.3 is 14.6 Å². The van der Waals surface area contributed by atoms with E-state index < -0.39 is 5.97 Å². The van der Waals surface area contributed by atoms with E-state index in [0.717, 1.165) is 16.9 Å². The standard InChI is InChI=1S/C17H18O4/c1-3-20-16-9-8-13(17(18)19)10-14(16)11-21-15-7-5-4-6-12(15)2/h4-10H,3,11H2,1-2H3,(H,18,19). The largest absolute Gasteiger partial charge is 0.493 e. The van der Waals surface area contributed by atoms with E-state index in [2.05, 4.69) is 0 Å². The molecule has 0 aliphatic rings. The van der Waals surface area contributed by atoms with Crippen LogP contribution in [-0.4, -0.2) is 17.7 Å². The molecular formula is C17H18O4. The van der Waals surface area contributed by atoms with E-state index in [1.54, 1.807) is 12.1 Å². The predicted octanol–water partition coefficient (Wildman–Crippen LogP) is 3.67. The number of carbonyl (C=O) groups is 1. The summed E-state index contributed by atoms with van der Waals surface area (Å²) in [7, 11) is 0. The van der Waals surface area contributed by atoms with Gasteiger partial charge in [-0.25, -0.2) is 4.79 Å². The maximum atomic E-state index is 11.1. The van der Waals surface area contributed by atoms with E-state index in [0.29, 0.717) is 12.4 Å². The molecule has 0 radical (unpaired) electrons. The molecule has 0 saturated heterocycles. The van der Waals surface area contributed by atoms with Gasteiger partial charge in [-0.15, -0.1) is 0 Å². The van der Waals surface area contributed by atoms with Gasteiger partial charge in [0.1, 0.15) is 18.1 Å². The molecule has 0 unspecified atom stereocenters. The molecule has 0 spiro atoms. The zero-order chi connectivity index (χ0) is 15.2. The summed E-state index contributed by atoms with van der Waals surface area (Å²) in [6.07, 6.45) is 0. The van der Waals surface area contributed by atoms with E-state index in [1.165, 1.54) is 6.07 Å². The Bertz CT molecular complexity index is 634. The fourth-order valence-corrected chi connectivity index (χ4v) is 2.00. The number of benzene rings is 2. The van der Waals surface area contributed by atoms with Crippen LogP contribution in [-0.2, 0) is 6.61 Å². The second kappa shape index (κ2) is 6.79. The minimum atomic E-state index is -0.963. The van der Waals surface area contributed by atoms with Gasteiger partial charge >= 0.3 is 5.97 Å². The van der Waals surface area contributed by atoms with Crippen LogP contribution in [0.3, 0.4) is 0 Å². The number of aromatic carboxylic acids is 1. The molecule has 2 rings (SSSR count). The number of hydrogen-bond acceptors (Lipinski definition) is 3. The van der Waals surface area contributed by atoms with Crippen LogP contribution in [0.15, 0.2) is 42.5 Å². The van der Waals surface area contributed by atoms with Gasteiger partial charge in [0.2, 0.25) is 0 Å². The van der Waals surface area contributed by atoms with Gasteiger partial charge in [-0.1, -0.05) is 18.2 Å². The monoisotopic (exact) mass is 286 g/mol. The Balaban J connectivity index is 2.22. The first-order chi connectivity index (χ1) is 10.1. The lowest BCUT2D eigenvalue weighted by molar-refractivity contribution is 0.0696. The van der Waals surface area contributed by atoms with Crippen molar-refractivity contribution in [3.8, 4) is 11.5 Å². The van der Waals surface area contributed by atoms with Crippen LogP contribution in [0.25, 0.3) is 0 Å². The molecule has 0 saturated carbocycles. The van der Waals surface area contributed by atoms with Crippen LogP contribution < -0.4 is 9.47 Å². The smallest absolute Gasteiger partial charge is 0.335 e. The summed E-state index contributed by atoms with van der Waals surface area (Å²) in [5, 5.41) is 9.08. The number of carboxylic acid groups (broad SMARTS) is 1. The minimum absolute atomic E-state index is 0.224. The quantitative estimate of drug-likeness (QED) is 0.880. The molecule has 0 aromatic heterocycles. The van der Waals surface area contributed by atoms with E-state index in [9.17, 15) is 4.79 Å². The Morgan fingerprint density at radius 1 is 1.10 bits per heavy atom. The molecule has 2 aromatic carbocycles. The molecule has 1 N–H and O–H groups in total. The molecule has 0 bridgehead atoms. The Hall–Kier alpha value is -2.49. The fraction of sp³-hybridized carbons (Fsp3) is 0.235. The van der Waals surface area contributed by atoms with E-state index in [1.807, 2.05) is 38.1 Å². The van der Waals surface area contributed by atoms with Gasteiger partial charge in [0, 0.05) is 5.56 Å². The number of carboxylic acids is 1. The Morgan fingerprint density at radius 2 is 1.86 bits per heavy atom. The highest BCUT2D eigenvalue weighted by Gasteiger charge is 2.10. The van der Waals surface area contributed by atoms with E-state index in [-0.39, 0.29) is 12.2 Å². The molecule has 4 nitrogen and oxygen atoms in total. The highest BCUT2D eigenvalue weighted by molar-refractivity contribution is 5.88. The van der Waals surface area contributed by atoms with Crippen molar-refractivity contribution in [3.05, 3.63) is 59.2 Å². The average molecular weight is 286 g/mol. The minimum Gasteiger partial charge on any atom is -0.493 e. The lowest BCUT2D eigenvalue weighted by Crippen LogP contribution is -2.05. The first-order valence-corrected chi connectivity index (χ1v) is 6.79. The lowest BCUT2D eigenvalue weighted by Gasteiger charge is -2.13. The molecular weight excluding hydrogens is 268 g/mol. The Morgan fingerprint density at radius 3 is 2.52 bits per heavy atom. The topological polar surface area (TPSA) is 55.8 Å². The van der Waals surface area contributed by atoms with Gasteiger partial charge in [0.15, 0.2) is 0 Å². The maximum absolute atomic E-state index is 11.1. The zero-order valence-corrected chi connectivity index (χ0v) is 12.1. The second-order valence-electron chi connectivity index (χ2n) is 4.61. The first kappa shape index (κ1) is 14.9. The lowest BCUT2D eigenvalue weighted by atomic mass is 10.1. The third kappa shape index (κ3) is 3.75. The van der Waals surface area contributed by atoms with Gasteiger partial charge in [-0.2, -0.15) is 0 Å². The van der Waals surface area contributed by atoms with Crippen LogP contribution >= 0.6 is 0 Å². The highest BCUT2D eigenvalue weighted by Crippen LogP contribution is 2.24. The van der Waals surface area contributed by atoms with Crippen molar-refractivity contribution < 1.29 is 19.4 Å². The molecule has 2 aromatic rings. The van der Waals surface area contributed by atoms with Crippen LogP contribution in [0.4, 0.5) is 0 Å². The van der Waals surface area contributed by atoms with Gasteiger partial charge in [0.25, 0.3) is 0 Å². The van der Waals surface area contributed by atoms with Crippen molar-refractivity contribution >= 4 is 5.97 Å². The summed E-state index contributed by atoms with van der Waals surface area (Å²) in [4.78, 5) is 11.1. The summed E-state index contributed by atoms with van der Waals surface area (Å²) in [6, 6.07) is 12.5. The Kier molecular flexibility index (Phi) is 4.82. The summed E-state index contributed by atoms with van der Waals surface area (Å²) < 4.78 is 11.3. The molecule has 0 aliphatic carbocycles. The van der Waals surface area contributed by atoms with Gasteiger partial charge in [0.05, 0.1) is 12.2 Å². The molecule has 0 heterocycles. The van der Waals surface area contributed by atoms with E-state index in [4.69, 9.17) is 14.6 Å². The van der Waals surface area contributed by atoms with Crippen molar-refractivity contribution in [2.24, 2.45) is 0 Å². The maximum Gasteiger partial charge on any atom is 0.335 e. The molecule has 21 heavy (non-hydrogen) atoms. The van der Waals surface area contributed by atoms with Crippen molar-refractivity contribution in [1.29, 1.82) is 0 Å². The molecule has 0 atom stereocenters. The average Bonchev–Trinajstić information content (AvgIpc) is 2.47. The second-order valence-corrected chi connectivity index (χ2v) is 4.61. The van der Waals surface area contributed by atoms with Crippen LogP contribution in [0.5, 0.6) is 11.5 Å². The van der Waals surface area contributed by atoms with Gasteiger partial charge in [-0.05, 0) is 43.7 Å². The number of ether oxygens (including phenoxy) is 2. The predicted molar refractivity (Wildman–Crippen MR) is 80.1 cm³/mol. The molecule has 0 aliphatic heterocycles. The summed E-state index contributed by atoms with van der Waals surface area (Å²) >= 11 is 0. The highest BCUT2D eigenvalue weighted by atomic mass is 16.5. The third-order valence-electron chi connectivity index (χ3n) is 3.08. The summed E-state index contributed by atoms with van der Waals surface area (Å²) in [5.41, 5.74) is 1.98. The van der Waals surface area contributed by atoms with Crippen molar-refractivity contribution in [1.82, 2.24) is 0 Å². The SMILES string of the molecule is CCOc1ccc(C(=O)O)cc1COc1ccccc1C. The molecule has 0 amide bonds. The van der Waals surface area contributed by atoms with Crippen molar-refractivity contribution in [2.45, 2.75) is 20.5 Å². The molecule has 110 valence electrons. The number of para-hydroxylation sites is 1. The fourth-order valence-electron chi connectivity index (χ4n) is 2.00. The number of aryl methyl sites for hydroxylation is 1. The van der Waals surface area contributed by atoms with Crippen LogP contribution in [0.1, 0.15) is 28.4 Å². The number of hydrogen-bond donors (Lipinski definition) is 1. The molecule has 4 heteroatoms. The van der Waals surface area contributed by atoms with Crippen LogP contribution in [0.2, 0.25) is 0 Å².